The Hall–Kier alpha value is -2.88. The van der Waals surface area contributed by atoms with Crippen LogP contribution in [-0.2, 0) is 6.42 Å². The number of hydrogen-bond donors (Lipinski definition) is 1. The number of aromatic nitrogens is 2. The molecule has 3 aromatic rings. The SMILES string of the molecule is CCc1nccn1-c1cc(C(=O)O)cc(-c2ccc(C)cc2)c1. The number of rotatable bonds is 4. The summed E-state index contributed by atoms with van der Waals surface area (Å²) in [7, 11) is 0. The van der Waals surface area contributed by atoms with E-state index in [9.17, 15) is 9.90 Å². The van der Waals surface area contributed by atoms with Crippen LogP contribution in [0.3, 0.4) is 0 Å². The highest BCUT2D eigenvalue weighted by Gasteiger charge is 2.11. The van der Waals surface area contributed by atoms with Gasteiger partial charge >= 0.3 is 5.97 Å². The summed E-state index contributed by atoms with van der Waals surface area (Å²) in [4.78, 5) is 15.8. The van der Waals surface area contributed by atoms with Crippen LogP contribution in [0.5, 0.6) is 0 Å². The molecule has 0 spiro atoms. The average molecular weight is 306 g/mol. The van der Waals surface area contributed by atoms with Gasteiger partial charge in [0, 0.05) is 24.5 Å². The molecule has 116 valence electrons. The summed E-state index contributed by atoms with van der Waals surface area (Å²) in [6, 6.07) is 13.5. The first kappa shape index (κ1) is 15.0. The van der Waals surface area contributed by atoms with Crippen molar-refractivity contribution in [2.45, 2.75) is 20.3 Å². The normalized spacial score (nSPS) is 10.7. The van der Waals surface area contributed by atoms with Crippen LogP contribution in [0.1, 0.15) is 28.7 Å². The first-order valence-electron chi connectivity index (χ1n) is 7.56. The molecule has 3 rings (SSSR count). The van der Waals surface area contributed by atoms with Gasteiger partial charge in [-0.25, -0.2) is 9.78 Å². The fraction of sp³-hybridized carbons (Fsp3) is 0.158. The van der Waals surface area contributed by atoms with Gasteiger partial charge in [0.15, 0.2) is 0 Å². The number of aryl methyl sites for hydroxylation is 2. The van der Waals surface area contributed by atoms with Gasteiger partial charge in [0.1, 0.15) is 5.82 Å². The summed E-state index contributed by atoms with van der Waals surface area (Å²) in [5, 5.41) is 9.42. The predicted molar refractivity (Wildman–Crippen MR) is 90.1 cm³/mol. The molecule has 0 aliphatic heterocycles. The van der Waals surface area contributed by atoms with Gasteiger partial charge < -0.3 is 9.67 Å². The summed E-state index contributed by atoms with van der Waals surface area (Å²) in [6.07, 6.45) is 4.38. The maximum atomic E-state index is 11.5. The first-order chi connectivity index (χ1) is 11.1. The Kier molecular flexibility index (Phi) is 3.98. The number of carboxylic acids is 1. The van der Waals surface area contributed by atoms with Gasteiger partial charge in [0.05, 0.1) is 5.56 Å². The summed E-state index contributed by atoms with van der Waals surface area (Å²) in [5.74, 6) is -0.0271. The fourth-order valence-corrected chi connectivity index (χ4v) is 2.62. The minimum Gasteiger partial charge on any atom is -0.478 e. The topological polar surface area (TPSA) is 55.1 Å². The zero-order valence-corrected chi connectivity index (χ0v) is 13.2. The van der Waals surface area contributed by atoms with Crippen molar-refractivity contribution in [3.8, 4) is 16.8 Å². The monoisotopic (exact) mass is 306 g/mol. The molecule has 4 nitrogen and oxygen atoms in total. The second-order valence-electron chi connectivity index (χ2n) is 5.51. The lowest BCUT2D eigenvalue weighted by atomic mass is 10.0. The molecular formula is C19H18N2O2. The van der Waals surface area contributed by atoms with Gasteiger partial charge in [-0.2, -0.15) is 0 Å². The Morgan fingerprint density at radius 1 is 1.13 bits per heavy atom. The summed E-state index contributed by atoms with van der Waals surface area (Å²) < 4.78 is 1.93. The molecule has 0 unspecified atom stereocenters. The maximum absolute atomic E-state index is 11.5. The lowest BCUT2D eigenvalue weighted by Gasteiger charge is -2.11. The maximum Gasteiger partial charge on any atom is 0.335 e. The van der Waals surface area contributed by atoms with Crippen LogP contribution < -0.4 is 0 Å². The highest BCUT2D eigenvalue weighted by molar-refractivity contribution is 5.90. The molecule has 2 aromatic carbocycles. The standard InChI is InChI=1S/C19H18N2O2/c1-3-18-20-8-9-21(18)17-11-15(10-16(12-17)19(22)23)14-6-4-13(2)5-7-14/h4-12H,3H2,1-2H3,(H,22,23). The van der Waals surface area contributed by atoms with Gasteiger partial charge in [-0.15, -0.1) is 0 Å². The number of carboxylic acid groups (broad SMARTS) is 1. The first-order valence-corrected chi connectivity index (χ1v) is 7.56. The van der Waals surface area contributed by atoms with Crippen molar-refractivity contribution in [2.75, 3.05) is 0 Å². The van der Waals surface area contributed by atoms with E-state index in [1.807, 2.05) is 54.9 Å². The highest BCUT2D eigenvalue weighted by atomic mass is 16.4. The van der Waals surface area contributed by atoms with E-state index in [1.165, 1.54) is 5.56 Å². The van der Waals surface area contributed by atoms with Crippen LogP contribution in [0, 0.1) is 6.92 Å². The van der Waals surface area contributed by atoms with Crippen LogP contribution in [0.25, 0.3) is 16.8 Å². The molecule has 0 amide bonds. The van der Waals surface area contributed by atoms with Gasteiger partial charge in [0.25, 0.3) is 0 Å². The number of aromatic carboxylic acids is 1. The van der Waals surface area contributed by atoms with Crippen molar-refractivity contribution in [1.29, 1.82) is 0 Å². The van der Waals surface area contributed by atoms with Gasteiger partial charge in [-0.05, 0) is 36.2 Å². The van der Waals surface area contributed by atoms with Gasteiger partial charge in [0.2, 0.25) is 0 Å². The van der Waals surface area contributed by atoms with E-state index in [-0.39, 0.29) is 5.56 Å². The van der Waals surface area contributed by atoms with Crippen LogP contribution in [0.15, 0.2) is 54.9 Å². The number of carbonyl (C=O) groups is 1. The van der Waals surface area contributed by atoms with Crippen molar-refractivity contribution in [3.63, 3.8) is 0 Å². The van der Waals surface area contributed by atoms with E-state index in [0.717, 1.165) is 29.1 Å². The van der Waals surface area contributed by atoms with E-state index in [1.54, 1.807) is 18.3 Å². The quantitative estimate of drug-likeness (QED) is 0.789. The minimum absolute atomic E-state index is 0.272. The van der Waals surface area contributed by atoms with E-state index in [0.29, 0.717) is 0 Å². The largest absolute Gasteiger partial charge is 0.478 e. The molecule has 0 saturated heterocycles. The smallest absolute Gasteiger partial charge is 0.335 e. The van der Waals surface area contributed by atoms with Gasteiger partial charge in [-0.3, -0.25) is 0 Å². The second kappa shape index (κ2) is 6.08. The van der Waals surface area contributed by atoms with Crippen molar-refractivity contribution >= 4 is 5.97 Å². The Bertz CT molecular complexity index is 848. The Balaban J connectivity index is 2.17. The van der Waals surface area contributed by atoms with Crippen LogP contribution in [0.2, 0.25) is 0 Å². The lowest BCUT2D eigenvalue weighted by Crippen LogP contribution is -2.03. The molecule has 0 radical (unpaired) electrons. The van der Waals surface area contributed by atoms with E-state index in [2.05, 4.69) is 4.98 Å². The molecule has 0 aliphatic carbocycles. The molecule has 1 heterocycles. The fourth-order valence-electron chi connectivity index (χ4n) is 2.62. The molecule has 0 bridgehead atoms. The Morgan fingerprint density at radius 3 is 2.52 bits per heavy atom. The number of imidazole rings is 1. The van der Waals surface area contributed by atoms with Crippen LogP contribution >= 0.6 is 0 Å². The third-order valence-electron chi connectivity index (χ3n) is 3.86. The summed E-state index contributed by atoms with van der Waals surface area (Å²) in [5.41, 5.74) is 4.14. The average Bonchev–Trinajstić information content (AvgIpc) is 3.03. The number of nitrogens with zero attached hydrogens (tertiary/aromatic N) is 2. The lowest BCUT2D eigenvalue weighted by molar-refractivity contribution is 0.0697. The zero-order valence-electron chi connectivity index (χ0n) is 13.2. The summed E-state index contributed by atoms with van der Waals surface area (Å²) >= 11 is 0. The summed E-state index contributed by atoms with van der Waals surface area (Å²) in [6.45, 7) is 4.06. The van der Waals surface area contributed by atoms with Crippen molar-refractivity contribution in [2.24, 2.45) is 0 Å². The number of hydrogen-bond acceptors (Lipinski definition) is 2. The third-order valence-corrected chi connectivity index (χ3v) is 3.86. The third kappa shape index (κ3) is 3.01. The molecule has 0 aliphatic rings. The van der Waals surface area contributed by atoms with Crippen molar-refractivity contribution in [3.05, 3.63) is 71.8 Å². The van der Waals surface area contributed by atoms with E-state index < -0.39 is 5.97 Å². The molecule has 4 heteroatoms. The number of benzene rings is 2. The van der Waals surface area contributed by atoms with Crippen molar-refractivity contribution in [1.82, 2.24) is 9.55 Å². The van der Waals surface area contributed by atoms with E-state index >= 15 is 0 Å². The predicted octanol–water partition coefficient (Wildman–Crippen LogP) is 4.11. The second-order valence-corrected chi connectivity index (χ2v) is 5.51. The van der Waals surface area contributed by atoms with Gasteiger partial charge in [-0.1, -0.05) is 36.8 Å². The molecule has 0 saturated carbocycles. The van der Waals surface area contributed by atoms with Crippen LogP contribution in [0.4, 0.5) is 0 Å². The molecule has 1 N–H and O–H groups in total. The molecule has 1 aromatic heterocycles. The molecular weight excluding hydrogens is 288 g/mol. The Labute approximate surface area is 135 Å². The minimum atomic E-state index is -0.932. The molecule has 0 atom stereocenters. The molecule has 23 heavy (non-hydrogen) atoms. The van der Waals surface area contributed by atoms with E-state index in [4.69, 9.17) is 0 Å². The van der Waals surface area contributed by atoms with Crippen molar-refractivity contribution < 1.29 is 9.90 Å². The van der Waals surface area contributed by atoms with Crippen LogP contribution in [-0.4, -0.2) is 20.6 Å². The zero-order chi connectivity index (χ0) is 16.4. The highest BCUT2D eigenvalue weighted by Crippen LogP contribution is 2.25. The Morgan fingerprint density at radius 2 is 1.87 bits per heavy atom. The molecule has 0 fully saturated rings.